The number of carbonyl (C=O) groups is 1. The lowest BCUT2D eigenvalue weighted by atomic mass is 9.80. The van der Waals surface area contributed by atoms with Crippen molar-refractivity contribution < 1.29 is 35.7 Å². The molecule has 1 aliphatic heterocycles. The minimum Gasteiger partial charge on any atom is -0.611 e. The molecular formula is C30H33F6NO2S. The van der Waals surface area contributed by atoms with Crippen molar-refractivity contribution in [3.05, 3.63) is 64.7 Å². The summed E-state index contributed by atoms with van der Waals surface area (Å²) in [5, 5.41) is 0. The van der Waals surface area contributed by atoms with E-state index >= 15 is 0 Å². The first kappa shape index (κ1) is 29.3. The Morgan fingerprint density at radius 3 is 2.15 bits per heavy atom. The molecule has 1 amide bonds. The molecule has 2 atom stereocenters. The predicted molar refractivity (Wildman–Crippen MR) is 140 cm³/mol. The van der Waals surface area contributed by atoms with Crippen LogP contribution >= 0.6 is 0 Å². The third-order valence-electron chi connectivity index (χ3n) is 9.26. The van der Waals surface area contributed by atoms with E-state index in [2.05, 4.69) is 0 Å². The minimum atomic E-state index is -5.56. The number of fused-ring (bicyclic) bond motifs is 1. The van der Waals surface area contributed by atoms with Crippen molar-refractivity contribution in [2.45, 2.75) is 92.1 Å². The molecule has 1 saturated heterocycles. The van der Waals surface area contributed by atoms with E-state index in [0.29, 0.717) is 23.4 Å². The van der Waals surface area contributed by atoms with Crippen molar-refractivity contribution >= 4 is 17.1 Å². The fourth-order valence-electron chi connectivity index (χ4n) is 6.56. The van der Waals surface area contributed by atoms with Gasteiger partial charge in [0.2, 0.25) is 5.91 Å². The van der Waals surface area contributed by atoms with Crippen molar-refractivity contribution in [3.8, 4) is 0 Å². The van der Waals surface area contributed by atoms with Gasteiger partial charge in [-0.15, -0.1) is 0 Å². The van der Waals surface area contributed by atoms with Gasteiger partial charge in [0.15, 0.2) is 15.1 Å². The molecule has 1 saturated carbocycles. The number of nitrogens with zero attached hydrogens (tertiary/aromatic N) is 1. The maximum absolute atomic E-state index is 14.3. The Morgan fingerprint density at radius 1 is 0.900 bits per heavy atom. The number of halogens is 6. The van der Waals surface area contributed by atoms with Gasteiger partial charge < -0.3 is 9.45 Å². The number of hydrogen-bond acceptors (Lipinski definition) is 2. The predicted octanol–water partition coefficient (Wildman–Crippen LogP) is 7.37. The number of carbonyl (C=O) groups excluding carboxylic acids is 1. The fourth-order valence-corrected chi connectivity index (χ4v) is 8.35. The van der Waals surface area contributed by atoms with Crippen LogP contribution in [0.25, 0.3) is 0 Å². The van der Waals surface area contributed by atoms with Crippen LogP contribution in [-0.4, -0.2) is 40.8 Å². The normalized spacial score (nSPS) is 23.4. The highest BCUT2D eigenvalue weighted by molar-refractivity contribution is 7.92. The average molecular weight is 586 g/mol. The first-order valence-corrected chi connectivity index (χ1v) is 15.0. The van der Waals surface area contributed by atoms with Crippen LogP contribution in [0.1, 0.15) is 74.1 Å². The van der Waals surface area contributed by atoms with Gasteiger partial charge in [-0.2, -0.15) is 26.3 Å². The van der Waals surface area contributed by atoms with Gasteiger partial charge in [-0.05, 0) is 79.0 Å². The van der Waals surface area contributed by atoms with Crippen LogP contribution in [-0.2, 0) is 39.0 Å². The van der Waals surface area contributed by atoms with Crippen LogP contribution in [0.4, 0.5) is 26.3 Å². The molecule has 10 heteroatoms. The first-order chi connectivity index (χ1) is 18.8. The molecule has 0 bridgehead atoms. The topological polar surface area (TPSA) is 43.4 Å². The molecule has 0 aromatic heterocycles. The summed E-state index contributed by atoms with van der Waals surface area (Å²) in [7, 11) is 0. The highest BCUT2D eigenvalue weighted by atomic mass is 32.2. The zero-order valence-corrected chi connectivity index (χ0v) is 23.2. The summed E-state index contributed by atoms with van der Waals surface area (Å²) in [5.41, 5.74) is -2.30. The Balaban J connectivity index is 1.53. The molecule has 0 spiro atoms. The summed E-state index contributed by atoms with van der Waals surface area (Å²) in [4.78, 5) is 15.7. The van der Waals surface area contributed by atoms with Gasteiger partial charge >= 0.3 is 12.4 Å². The van der Waals surface area contributed by atoms with Gasteiger partial charge in [0.05, 0.1) is 6.54 Å². The van der Waals surface area contributed by atoms with E-state index in [1.165, 1.54) is 17.7 Å². The molecule has 2 unspecified atom stereocenters. The molecule has 2 aromatic rings. The Labute approximate surface area is 233 Å². The second-order valence-corrected chi connectivity index (χ2v) is 13.4. The summed E-state index contributed by atoms with van der Waals surface area (Å²) in [6.07, 6.45) is -3.43. The van der Waals surface area contributed by atoms with E-state index in [1.807, 2.05) is 12.1 Å². The number of amides is 1. The van der Waals surface area contributed by atoms with Crippen molar-refractivity contribution in [3.63, 3.8) is 0 Å². The zero-order chi connectivity index (χ0) is 28.9. The molecule has 1 heterocycles. The van der Waals surface area contributed by atoms with Gasteiger partial charge in [-0.1, -0.05) is 49.6 Å². The van der Waals surface area contributed by atoms with Crippen molar-refractivity contribution in [1.82, 2.24) is 4.90 Å². The third-order valence-corrected chi connectivity index (χ3v) is 11.2. The van der Waals surface area contributed by atoms with Crippen molar-refractivity contribution in [1.29, 1.82) is 0 Å². The SMILES string of the molecule is CC(c1ccc(C2([S+]([O-])c3ccc4c(c3)CCC4)CCN(C(=O)C3CCCCC3)C2)cc1)(C(F)(F)F)C(F)(F)F. The molecule has 5 rings (SSSR count). The van der Waals surface area contributed by atoms with Gasteiger partial charge in [-0.3, -0.25) is 4.79 Å². The van der Waals surface area contributed by atoms with Crippen molar-refractivity contribution in [2.24, 2.45) is 5.92 Å². The van der Waals surface area contributed by atoms with Crippen LogP contribution in [0.5, 0.6) is 0 Å². The Kier molecular flexibility index (Phi) is 7.74. The monoisotopic (exact) mass is 585 g/mol. The van der Waals surface area contributed by atoms with Crippen LogP contribution in [0.15, 0.2) is 47.4 Å². The van der Waals surface area contributed by atoms with Gasteiger partial charge in [0, 0.05) is 24.4 Å². The number of rotatable bonds is 5. The molecule has 0 N–H and O–H groups in total. The summed E-state index contributed by atoms with van der Waals surface area (Å²) in [6, 6.07) is 9.84. The molecule has 40 heavy (non-hydrogen) atoms. The van der Waals surface area contributed by atoms with Gasteiger partial charge in [0.1, 0.15) is 0 Å². The third kappa shape index (κ3) is 4.93. The molecule has 3 nitrogen and oxygen atoms in total. The largest absolute Gasteiger partial charge is 0.611 e. The molecular weight excluding hydrogens is 552 g/mol. The smallest absolute Gasteiger partial charge is 0.406 e. The van der Waals surface area contributed by atoms with Gasteiger partial charge in [-0.25, -0.2) is 0 Å². The molecule has 2 aliphatic carbocycles. The number of benzene rings is 2. The number of alkyl halides is 6. The first-order valence-electron chi connectivity index (χ1n) is 13.8. The minimum absolute atomic E-state index is 0.00846. The summed E-state index contributed by atoms with van der Waals surface area (Å²) >= 11 is -1.70. The summed E-state index contributed by atoms with van der Waals surface area (Å²) in [6.45, 7) is 0.568. The van der Waals surface area contributed by atoms with E-state index in [9.17, 15) is 35.7 Å². The maximum Gasteiger partial charge on any atom is 0.406 e. The zero-order valence-electron chi connectivity index (χ0n) is 22.3. The maximum atomic E-state index is 14.3. The van der Waals surface area contributed by atoms with Crippen LogP contribution < -0.4 is 0 Å². The van der Waals surface area contributed by atoms with E-state index in [1.54, 1.807) is 11.0 Å². The molecule has 0 radical (unpaired) electrons. The number of aryl methyl sites for hydroxylation is 2. The lowest BCUT2D eigenvalue weighted by Crippen LogP contribution is -2.51. The van der Waals surface area contributed by atoms with E-state index in [0.717, 1.165) is 69.1 Å². The van der Waals surface area contributed by atoms with E-state index in [-0.39, 0.29) is 25.3 Å². The lowest BCUT2D eigenvalue weighted by Gasteiger charge is -2.36. The summed E-state index contributed by atoms with van der Waals surface area (Å²) in [5.74, 6) is -0.120. The molecule has 218 valence electrons. The second-order valence-electron chi connectivity index (χ2n) is 11.6. The Bertz CT molecular complexity index is 1220. The quantitative estimate of drug-likeness (QED) is 0.272. The standard InChI is InChI=1S/C30H33F6NO2S/c1-27(29(31,32)33,30(34,35)36)23-11-13-24(14-12-23)28(40(39)25-15-10-20-8-5-9-22(20)18-25)16-17-37(19-28)26(38)21-6-3-2-4-7-21/h10-15,18,21H,2-9,16-17,19H2,1H3. The highest BCUT2D eigenvalue weighted by Gasteiger charge is 2.68. The lowest BCUT2D eigenvalue weighted by molar-refractivity contribution is -0.297. The fraction of sp³-hybridized carbons (Fsp3) is 0.567. The second kappa shape index (κ2) is 10.6. The highest BCUT2D eigenvalue weighted by Crippen LogP contribution is 2.52. The molecule has 2 fully saturated rings. The molecule has 3 aliphatic rings. The number of hydrogen-bond donors (Lipinski definition) is 0. The van der Waals surface area contributed by atoms with E-state index in [4.69, 9.17) is 0 Å². The Hall–Kier alpha value is -2.20. The Morgan fingerprint density at radius 2 is 1.52 bits per heavy atom. The van der Waals surface area contributed by atoms with Crippen LogP contribution in [0.2, 0.25) is 0 Å². The van der Waals surface area contributed by atoms with Crippen LogP contribution in [0.3, 0.4) is 0 Å². The van der Waals surface area contributed by atoms with E-state index < -0.39 is 39.3 Å². The summed E-state index contributed by atoms with van der Waals surface area (Å²) < 4.78 is 95.5. The average Bonchev–Trinajstić information content (AvgIpc) is 3.59. The van der Waals surface area contributed by atoms with Crippen molar-refractivity contribution in [2.75, 3.05) is 13.1 Å². The number of likely N-dealkylation sites (tertiary alicyclic amines) is 1. The van der Waals surface area contributed by atoms with Gasteiger partial charge in [0.25, 0.3) is 0 Å². The molecule has 2 aromatic carbocycles. The van der Waals surface area contributed by atoms with Crippen LogP contribution in [0, 0.1) is 5.92 Å².